The van der Waals surface area contributed by atoms with Gasteiger partial charge in [0.15, 0.2) is 0 Å². The highest BCUT2D eigenvalue weighted by molar-refractivity contribution is 7.88. The van der Waals surface area contributed by atoms with E-state index in [0.29, 0.717) is 23.2 Å². The SMILES string of the molecule is CCCCCNC(=O)C(Cc1ccc(OC(C(=O)O)C(=O)O)cc1)NC(=O)[C@@H](Cc1ccccc1)NS(=O)(=O)Cc1ccccc1. The zero-order chi connectivity index (χ0) is 33.5. The van der Waals surface area contributed by atoms with Crippen molar-refractivity contribution in [3.63, 3.8) is 0 Å². The van der Waals surface area contributed by atoms with Crippen LogP contribution in [0.4, 0.5) is 0 Å². The van der Waals surface area contributed by atoms with Crippen LogP contribution in [0.5, 0.6) is 5.75 Å². The number of carboxylic acid groups (broad SMARTS) is 2. The summed E-state index contributed by atoms with van der Waals surface area (Å²) in [5.41, 5.74) is 1.80. The number of amides is 2. The minimum atomic E-state index is -3.97. The van der Waals surface area contributed by atoms with Gasteiger partial charge in [0.1, 0.15) is 17.8 Å². The van der Waals surface area contributed by atoms with Crippen LogP contribution in [0.2, 0.25) is 0 Å². The molecule has 0 aliphatic heterocycles. The van der Waals surface area contributed by atoms with Crippen LogP contribution in [-0.2, 0) is 47.8 Å². The largest absolute Gasteiger partial charge is 0.478 e. The molecule has 3 rings (SSSR count). The normalized spacial score (nSPS) is 12.6. The summed E-state index contributed by atoms with van der Waals surface area (Å²) >= 11 is 0. The fraction of sp³-hybridized carbons (Fsp3) is 0.333. The highest BCUT2D eigenvalue weighted by Crippen LogP contribution is 2.16. The third kappa shape index (κ3) is 12.0. The lowest BCUT2D eigenvalue weighted by atomic mass is 10.0. The smallest absolute Gasteiger partial charge is 0.356 e. The van der Waals surface area contributed by atoms with Crippen molar-refractivity contribution in [1.29, 1.82) is 0 Å². The second-order valence-corrected chi connectivity index (χ2v) is 12.4. The minimum absolute atomic E-state index is 0.00173. The van der Waals surface area contributed by atoms with E-state index in [1.807, 2.05) is 6.92 Å². The van der Waals surface area contributed by atoms with E-state index >= 15 is 0 Å². The lowest BCUT2D eigenvalue weighted by molar-refractivity contribution is -0.159. The van der Waals surface area contributed by atoms with Gasteiger partial charge in [-0.05, 0) is 41.7 Å². The Morgan fingerprint density at radius 3 is 1.83 bits per heavy atom. The maximum absolute atomic E-state index is 13.7. The molecule has 0 aliphatic rings. The topological polar surface area (TPSA) is 188 Å². The molecule has 0 spiro atoms. The molecule has 0 saturated carbocycles. The van der Waals surface area contributed by atoms with Crippen LogP contribution in [-0.4, -0.2) is 67.1 Å². The van der Waals surface area contributed by atoms with Gasteiger partial charge in [0, 0.05) is 13.0 Å². The Hall–Kier alpha value is -4.75. The van der Waals surface area contributed by atoms with E-state index in [9.17, 15) is 27.6 Å². The number of benzene rings is 3. The van der Waals surface area contributed by atoms with Crippen LogP contribution in [0.3, 0.4) is 0 Å². The van der Waals surface area contributed by atoms with Crippen LogP contribution >= 0.6 is 0 Å². The molecule has 0 radical (unpaired) electrons. The average molecular weight is 654 g/mol. The first kappa shape index (κ1) is 35.7. The van der Waals surface area contributed by atoms with E-state index in [-0.39, 0.29) is 24.3 Å². The summed E-state index contributed by atoms with van der Waals surface area (Å²) in [5, 5.41) is 23.7. The van der Waals surface area contributed by atoms with Gasteiger partial charge >= 0.3 is 11.9 Å². The Morgan fingerprint density at radius 1 is 0.717 bits per heavy atom. The van der Waals surface area contributed by atoms with Crippen LogP contribution in [0.15, 0.2) is 84.9 Å². The first-order valence-corrected chi connectivity index (χ1v) is 16.5. The second-order valence-electron chi connectivity index (χ2n) is 10.7. The molecule has 3 aromatic rings. The van der Waals surface area contributed by atoms with Gasteiger partial charge in [-0.15, -0.1) is 0 Å². The molecule has 2 atom stereocenters. The van der Waals surface area contributed by atoms with E-state index in [1.165, 1.54) is 24.3 Å². The molecule has 0 aromatic heterocycles. The van der Waals surface area contributed by atoms with E-state index in [0.717, 1.165) is 19.3 Å². The Morgan fingerprint density at radius 2 is 1.26 bits per heavy atom. The summed E-state index contributed by atoms with van der Waals surface area (Å²) in [6.45, 7) is 2.41. The van der Waals surface area contributed by atoms with Gasteiger partial charge in [-0.1, -0.05) is 92.6 Å². The molecular weight excluding hydrogens is 614 g/mol. The van der Waals surface area contributed by atoms with Crippen molar-refractivity contribution < 1.29 is 42.5 Å². The Labute approximate surface area is 268 Å². The van der Waals surface area contributed by atoms with Gasteiger partial charge in [0.2, 0.25) is 21.8 Å². The van der Waals surface area contributed by atoms with Crippen molar-refractivity contribution in [2.45, 2.75) is 63.0 Å². The van der Waals surface area contributed by atoms with Crippen molar-refractivity contribution in [3.8, 4) is 5.75 Å². The van der Waals surface area contributed by atoms with Gasteiger partial charge < -0.3 is 25.6 Å². The summed E-state index contributed by atoms with van der Waals surface area (Å²) in [5.74, 6) is -4.84. The molecule has 46 heavy (non-hydrogen) atoms. The van der Waals surface area contributed by atoms with Crippen molar-refractivity contribution in [2.75, 3.05) is 6.54 Å². The monoisotopic (exact) mass is 653 g/mol. The maximum atomic E-state index is 13.7. The van der Waals surface area contributed by atoms with Crippen LogP contribution < -0.4 is 20.1 Å². The predicted molar refractivity (Wildman–Crippen MR) is 170 cm³/mol. The lowest BCUT2D eigenvalue weighted by Gasteiger charge is -2.24. The number of unbranched alkanes of at least 4 members (excludes halogenated alkanes) is 2. The molecule has 0 bridgehead atoms. The second kappa shape index (κ2) is 17.7. The molecule has 2 amide bonds. The number of carbonyl (C=O) groups is 4. The number of nitrogens with one attached hydrogen (secondary N) is 3. The van der Waals surface area contributed by atoms with Crippen molar-refractivity contribution in [3.05, 3.63) is 102 Å². The number of rotatable bonds is 19. The Balaban J connectivity index is 1.82. The summed E-state index contributed by atoms with van der Waals surface area (Å²) in [6, 6.07) is 20.9. The number of sulfonamides is 1. The van der Waals surface area contributed by atoms with E-state index in [1.54, 1.807) is 60.7 Å². The van der Waals surface area contributed by atoms with Gasteiger partial charge in [0.25, 0.3) is 6.10 Å². The van der Waals surface area contributed by atoms with E-state index in [2.05, 4.69) is 15.4 Å². The standard InChI is InChI=1S/C33H39N3O9S/c1-2-3-10-19-34-30(37)27(20-24-15-17-26(18-16-24)45-29(32(39)40)33(41)42)35-31(38)28(21-23-11-6-4-7-12-23)36-46(43,44)22-25-13-8-5-9-14-25/h4-9,11-18,27-29,36H,2-3,10,19-22H2,1H3,(H,34,37)(H,35,38)(H,39,40)(H,41,42)/t27?,28-/m1/s1. The van der Waals surface area contributed by atoms with Crippen LogP contribution in [0.1, 0.15) is 42.9 Å². The number of carbonyl (C=O) groups excluding carboxylic acids is 2. The molecule has 246 valence electrons. The molecule has 12 nitrogen and oxygen atoms in total. The summed E-state index contributed by atoms with van der Waals surface area (Å²) in [4.78, 5) is 49.4. The lowest BCUT2D eigenvalue weighted by Crippen LogP contribution is -2.55. The zero-order valence-electron chi connectivity index (χ0n) is 25.4. The molecule has 0 aliphatic carbocycles. The maximum Gasteiger partial charge on any atom is 0.356 e. The molecule has 3 aromatic carbocycles. The molecule has 13 heteroatoms. The summed E-state index contributed by atoms with van der Waals surface area (Å²) in [6.07, 6.45) is 0.514. The molecule has 0 heterocycles. The van der Waals surface area contributed by atoms with Crippen molar-refractivity contribution >= 4 is 33.8 Å². The first-order chi connectivity index (χ1) is 22.0. The Kier molecular flexibility index (Phi) is 13.7. The molecular formula is C33H39N3O9S. The van der Waals surface area contributed by atoms with E-state index < -0.39 is 52.0 Å². The highest BCUT2D eigenvalue weighted by Gasteiger charge is 2.30. The third-order valence-corrected chi connectivity index (χ3v) is 8.26. The highest BCUT2D eigenvalue weighted by atomic mass is 32.2. The molecule has 0 saturated heterocycles. The minimum Gasteiger partial charge on any atom is -0.478 e. The number of carboxylic acids is 2. The van der Waals surface area contributed by atoms with Gasteiger partial charge in [-0.2, -0.15) is 0 Å². The van der Waals surface area contributed by atoms with Crippen LogP contribution in [0, 0.1) is 0 Å². The molecule has 0 fully saturated rings. The number of aliphatic carboxylic acids is 2. The van der Waals surface area contributed by atoms with Crippen LogP contribution in [0.25, 0.3) is 0 Å². The summed E-state index contributed by atoms with van der Waals surface area (Å²) in [7, 11) is -3.97. The number of hydrogen-bond acceptors (Lipinski definition) is 7. The average Bonchev–Trinajstić information content (AvgIpc) is 3.02. The Bertz CT molecular complexity index is 1540. The number of hydrogen-bond donors (Lipinski definition) is 5. The van der Waals surface area contributed by atoms with Gasteiger partial charge in [-0.3, -0.25) is 9.59 Å². The predicted octanol–water partition coefficient (Wildman–Crippen LogP) is 2.67. The van der Waals surface area contributed by atoms with E-state index in [4.69, 9.17) is 14.9 Å². The van der Waals surface area contributed by atoms with Gasteiger partial charge in [0.05, 0.1) is 5.75 Å². The molecule has 5 N–H and O–H groups in total. The van der Waals surface area contributed by atoms with Crippen molar-refractivity contribution in [2.24, 2.45) is 0 Å². The van der Waals surface area contributed by atoms with Crippen molar-refractivity contribution in [1.82, 2.24) is 15.4 Å². The third-order valence-electron chi connectivity index (χ3n) is 6.90. The molecule has 1 unspecified atom stereocenters. The fourth-order valence-electron chi connectivity index (χ4n) is 4.56. The zero-order valence-corrected chi connectivity index (χ0v) is 26.2. The fourth-order valence-corrected chi connectivity index (χ4v) is 5.90. The number of ether oxygens (including phenoxy) is 1. The first-order valence-electron chi connectivity index (χ1n) is 14.8. The van der Waals surface area contributed by atoms with Gasteiger partial charge in [-0.25, -0.2) is 22.7 Å². The quantitative estimate of drug-likeness (QED) is 0.0957. The summed E-state index contributed by atoms with van der Waals surface area (Å²) < 4.78 is 33.9.